The first kappa shape index (κ1) is 21.3. The summed E-state index contributed by atoms with van der Waals surface area (Å²) in [7, 11) is 0. The highest BCUT2D eigenvalue weighted by molar-refractivity contribution is 6.31. The van der Waals surface area contributed by atoms with Crippen LogP contribution in [0.4, 0.5) is 16.2 Å². The van der Waals surface area contributed by atoms with Crippen molar-refractivity contribution in [3.63, 3.8) is 0 Å². The molecule has 2 heterocycles. The van der Waals surface area contributed by atoms with E-state index in [1.165, 1.54) is 4.90 Å². The number of nitrogens with zero attached hydrogens (tertiary/aromatic N) is 2. The number of aryl methyl sites for hydroxylation is 1. The number of amides is 2. The van der Waals surface area contributed by atoms with Crippen molar-refractivity contribution in [2.75, 3.05) is 23.0 Å². The zero-order chi connectivity index (χ0) is 22.5. The number of benzene rings is 3. The summed E-state index contributed by atoms with van der Waals surface area (Å²) >= 11 is 12.2. The summed E-state index contributed by atoms with van der Waals surface area (Å²) in [5.41, 5.74) is 1.25. The van der Waals surface area contributed by atoms with Crippen molar-refractivity contribution >= 4 is 40.6 Å². The second-order valence-corrected chi connectivity index (χ2v) is 9.15. The first-order chi connectivity index (χ1) is 15.4. The summed E-state index contributed by atoms with van der Waals surface area (Å²) in [6.07, 6.45) is 0. The van der Waals surface area contributed by atoms with E-state index in [1.807, 2.05) is 31.2 Å². The minimum absolute atomic E-state index is 0.0440. The number of carbonyl (C=O) groups is 1. The number of hydrogen-bond acceptors (Lipinski definition) is 3. The van der Waals surface area contributed by atoms with Crippen LogP contribution in [0.15, 0.2) is 72.8 Å². The topological polar surface area (TPSA) is 53.0 Å². The van der Waals surface area contributed by atoms with Gasteiger partial charge in [0.1, 0.15) is 0 Å². The summed E-state index contributed by atoms with van der Waals surface area (Å²) in [5, 5.41) is 13.6. The Morgan fingerprint density at radius 3 is 2.06 bits per heavy atom. The van der Waals surface area contributed by atoms with Gasteiger partial charge in [-0.1, -0.05) is 53.0 Å². The quantitative estimate of drug-likeness (QED) is 0.541. The van der Waals surface area contributed by atoms with E-state index < -0.39 is 11.8 Å². The van der Waals surface area contributed by atoms with Gasteiger partial charge in [0.2, 0.25) is 0 Å². The average Bonchev–Trinajstić information content (AvgIpc) is 2.96. The maximum absolute atomic E-state index is 14.0. The smallest absolute Gasteiger partial charge is 0.332 e. The molecule has 0 saturated carbocycles. The normalized spacial score (nSPS) is 23.5. The molecule has 7 heteroatoms. The van der Waals surface area contributed by atoms with Gasteiger partial charge in [-0.05, 0) is 55.5 Å². The molecule has 2 saturated heterocycles. The molecule has 0 spiro atoms. The van der Waals surface area contributed by atoms with Crippen molar-refractivity contribution in [1.82, 2.24) is 0 Å². The second kappa shape index (κ2) is 8.09. The van der Waals surface area contributed by atoms with Crippen LogP contribution in [-0.2, 0) is 10.5 Å². The minimum Gasteiger partial charge on any atom is -0.381 e. The van der Waals surface area contributed by atoms with Crippen LogP contribution >= 0.6 is 23.2 Å². The lowest BCUT2D eigenvalue weighted by Crippen LogP contribution is -2.57. The number of halogens is 2. The lowest BCUT2D eigenvalue weighted by atomic mass is 9.83. The number of aliphatic hydroxyl groups is 1. The highest BCUT2D eigenvalue weighted by Crippen LogP contribution is 2.48. The molecule has 3 aromatic carbocycles. The van der Waals surface area contributed by atoms with Gasteiger partial charge in [-0.2, -0.15) is 0 Å². The van der Waals surface area contributed by atoms with Gasteiger partial charge in [-0.15, -0.1) is 0 Å². The third-order valence-electron chi connectivity index (χ3n) is 6.17. The maximum atomic E-state index is 14.0. The number of anilines is 2. The number of hydrogen-bond donors (Lipinski definition) is 1. The molecule has 2 aliphatic rings. The molecule has 32 heavy (non-hydrogen) atoms. The van der Waals surface area contributed by atoms with Crippen molar-refractivity contribution in [1.29, 1.82) is 0 Å². The molecule has 2 unspecified atom stereocenters. The lowest BCUT2D eigenvalue weighted by Gasteiger charge is -2.43. The largest absolute Gasteiger partial charge is 0.381 e. The number of rotatable bonds is 4. The summed E-state index contributed by atoms with van der Waals surface area (Å²) in [6, 6.07) is 20.8. The zero-order valence-corrected chi connectivity index (χ0v) is 18.9. The molecule has 5 rings (SSSR count). The molecule has 0 aromatic heterocycles. The van der Waals surface area contributed by atoms with Crippen LogP contribution in [-0.4, -0.2) is 30.4 Å². The Labute approximate surface area is 196 Å². The second-order valence-electron chi connectivity index (χ2n) is 8.28. The molecule has 164 valence electrons. The Balaban J connectivity index is 1.74. The van der Waals surface area contributed by atoms with Crippen LogP contribution in [0, 0.1) is 12.8 Å². The molecule has 3 aromatic rings. The fourth-order valence-electron chi connectivity index (χ4n) is 4.60. The molecule has 5 nitrogen and oxygen atoms in total. The number of ether oxygens (including phenoxy) is 1. The van der Waals surface area contributed by atoms with Gasteiger partial charge in [-0.25, -0.2) is 4.79 Å². The fraction of sp³-hybridized carbons (Fsp3) is 0.240. The Morgan fingerprint density at radius 1 is 0.938 bits per heavy atom. The fourth-order valence-corrected chi connectivity index (χ4v) is 4.86. The zero-order valence-electron chi connectivity index (χ0n) is 17.4. The monoisotopic (exact) mass is 468 g/mol. The number of urea groups is 1. The Morgan fingerprint density at radius 2 is 1.53 bits per heavy atom. The maximum Gasteiger partial charge on any atom is 0.332 e. The standard InChI is InChI=1S/C25H22Cl2N2O3/c1-16-3-2-4-18(13-16)25(31)23(17-14-32-15-17)28(21-9-5-19(26)6-10-21)24(30)29(25)22-11-7-20(27)8-12-22/h2-13,17,23,31H,14-15H2,1H3. The van der Waals surface area contributed by atoms with E-state index in [9.17, 15) is 9.90 Å². The van der Waals surface area contributed by atoms with Crippen LogP contribution < -0.4 is 9.80 Å². The Hall–Kier alpha value is -2.57. The van der Waals surface area contributed by atoms with Crippen molar-refractivity contribution in [3.8, 4) is 0 Å². The Bertz CT molecular complexity index is 1150. The molecular weight excluding hydrogens is 447 g/mol. The molecule has 1 N–H and O–H groups in total. The lowest BCUT2D eigenvalue weighted by molar-refractivity contribution is -0.0885. The van der Waals surface area contributed by atoms with E-state index in [1.54, 1.807) is 53.4 Å². The first-order valence-corrected chi connectivity index (χ1v) is 11.2. The highest BCUT2D eigenvalue weighted by Gasteiger charge is 2.62. The third-order valence-corrected chi connectivity index (χ3v) is 6.68. The van der Waals surface area contributed by atoms with Gasteiger partial charge < -0.3 is 9.84 Å². The van der Waals surface area contributed by atoms with Gasteiger partial charge in [0.05, 0.1) is 19.3 Å². The SMILES string of the molecule is Cc1cccc(C2(O)C(C3COC3)N(c3ccc(Cl)cc3)C(=O)N2c2ccc(Cl)cc2)c1. The summed E-state index contributed by atoms with van der Waals surface area (Å²) in [5.74, 6) is -0.0440. The molecule has 0 aliphatic carbocycles. The van der Waals surface area contributed by atoms with Crippen LogP contribution in [0.1, 0.15) is 11.1 Å². The summed E-state index contributed by atoms with van der Waals surface area (Å²) < 4.78 is 5.49. The Kier molecular flexibility index (Phi) is 5.38. The summed E-state index contributed by atoms with van der Waals surface area (Å²) in [6.45, 7) is 2.89. The predicted molar refractivity (Wildman–Crippen MR) is 126 cm³/mol. The van der Waals surface area contributed by atoms with Crippen LogP contribution in [0.3, 0.4) is 0 Å². The van der Waals surface area contributed by atoms with Crippen LogP contribution in [0.25, 0.3) is 0 Å². The van der Waals surface area contributed by atoms with Crippen LogP contribution in [0.2, 0.25) is 10.0 Å². The van der Waals surface area contributed by atoms with Gasteiger partial charge in [0, 0.05) is 32.9 Å². The van der Waals surface area contributed by atoms with Crippen molar-refractivity contribution in [2.45, 2.75) is 18.7 Å². The molecule has 2 aliphatic heterocycles. The van der Waals surface area contributed by atoms with E-state index in [2.05, 4.69) is 0 Å². The van der Waals surface area contributed by atoms with Gasteiger partial charge in [0.25, 0.3) is 0 Å². The summed E-state index contributed by atoms with van der Waals surface area (Å²) in [4.78, 5) is 17.1. The van der Waals surface area contributed by atoms with Crippen molar-refractivity contribution in [3.05, 3.63) is 94.0 Å². The van der Waals surface area contributed by atoms with Gasteiger partial charge in [0.15, 0.2) is 5.72 Å². The van der Waals surface area contributed by atoms with E-state index in [-0.39, 0.29) is 11.9 Å². The van der Waals surface area contributed by atoms with E-state index in [4.69, 9.17) is 27.9 Å². The molecule has 2 atom stereocenters. The molecule has 2 fully saturated rings. The van der Waals surface area contributed by atoms with E-state index >= 15 is 0 Å². The first-order valence-electron chi connectivity index (χ1n) is 10.4. The predicted octanol–water partition coefficient (Wildman–Crippen LogP) is 5.61. The van der Waals surface area contributed by atoms with Crippen molar-refractivity contribution < 1.29 is 14.6 Å². The van der Waals surface area contributed by atoms with Crippen LogP contribution in [0.5, 0.6) is 0 Å². The molecule has 0 bridgehead atoms. The third kappa shape index (κ3) is 3.37. The average molecular weight is 469 g/mol. The molecular formula is C25H22Cl2N2O3. The van der Waals surface area contributed by atoms with Crippen molar-refractivity contribution in [2.24, 2.45) is 5.92 Å². The molecule has 2 amide bonds. The van der Waals surface area contributed by atoms with E-state index in [0.29, 0.717) is 40.2 Å². The van der Waals surface area contributed by atoms with Gasteiger partial charge in [-0.3, -0.25) is 9.80 Å². The van der Waals surface area contributed by atoms with Gasteiger partial charge >= 0.3 is 6.03 Å². The molecule has 0 radical (unpaired) electrons. The number of carbonyl (C=O) groups excluding carboxylic acids is 1. The highest BCUT2D eigenvalue weighted by atomic mass is 35.5. The van der Waals surface area contributed by atoms with E-state index in [0.717, 1.165) is 5.56 Å². The minimum atomic E-state index is -1.62.